The molecular formula is C20H25NO3. The number of para-hydroxylation sites is 1. The van der Waals surface area contributed by atoms with Crippen molar-refractivity contribution in [3.63, 3.8) is 0 Å². The molecule has 2 saturated heterocycles. The van der Waals surface area contributed by atoms with Crippen molar-refractivity contribution < 1.29 is 14.3 Å². The second-order valence-electron chi connectivity index (χ2n) is 7.11. The smallest absolute Gasteiger partial charge is 0.258 e. The van der Waals surface area contributed by atoms with Gasteiger partial charge in [0.2, 0.25) is 0 Å². The Bertz CT molecular complexity index is 672. The first-order chi connectivity index (χ1) is 11.7. The number of allylic oxidation sites excluding steroid dienone is 1. The number of ether oxygens (including phenoxy) is 2. The standard InChI is InChI=1S/C20H25NO3/c1-23-18-8-4-7-17(19(18)24-2)20(22)21-15-9-10-16(21)12-14(11-15)13-5-3-6-13/h4,7-8,15-16H,3,5-6,9-12H2,1-2H3. The molecule has 4 nitrogen and oxygen atoms in total. The molecule has 3 fully saturated rings. The van der Waals surface area contributed by atoms with Crippen molar-refractivity contribution in [1.82, 2.24) is 4.90 Å². The van der Waals surface area contributed by atoms with Crippen molar-refractivity contribution in [2.45, 2.75) is 57.0 Å². The number of hydrogen-bond acceptors (Lipinski definition) is 3. The Balaban J connectivity index is 1.62. The largest absolute Gasteiger partial charge is 0.493 e. The molecule has 1 aromatic carbocycles. The highest BCUT2D eigenvalue weighted by atomic mass is 16.5. The molecule has 0 aromatic heterocycles. The lowest BCUT2D eigenvalue weighted by molar-refractivity contribution is 0.0628. The van der Waals surface area contributed by atoms with Crippen LogP contribution in [0.4, 0.5) is 0 Å². The highest BCUT2D eigenvalue weighted by Gasteiger charge is 2.43. The maximum Gasteiger partial charge on any atom is 0.258 e. The van der Waals surface area contributed by atoms with E-state index in [9.17, 15) is 4.79 Å². The third kappa shape index (κ3) is 2.40. The van der Waals surface area contributed by atoms with Crippen LogP contribution in [-0.2, 0) is 0 Å². The van der Waals surface area contributed by atoms with Crippen LogP contribution in [0.15, 0.2) is 29.3 Å². The van der Waals surface area contributed by atoms with E-state index in [1.165, 1.54) is 19.3 Å². The van der Waals surface area contributed by atoms with Gasteiger partial charge in [-0.05, 0) is 57.1 Å². The predicted molar refractivity (Wildman–Crippen MR) is 92.6 cm³/mol. The van der Waals surface area contributed by atoms with E-state index in [0.29, 0.717) is 29.1 Å². The summed E-state index contributed by atoms with van der Waals surface area (Å²) in [6.45, 7) is 0. The van der Waals surface area contributed by atoms with Gasteiger partial charge in [0.05, 0.1) is 19.8 Å². The molecule has 128 valence electrons. The zero-order valence-corrected chi connectivity index (χ0v) is 14.5. The molecule has 4 heteroatoms. The van der Waals surface area contributed by atoms with Crippen LogP contribution in [0.2, 0.25) is 0 Å². The SMILES string of the molecule is COc1cccc(C(=O)N2C3CCC2CC(=C2CCC2)C3)c1OC. The Kier molecular flexibility index (Phi) is 3.99. The van der Waals surface area contributed by atoms with Gasteiger partial charge in [0, 0.05) is 12.1 Å². The van der Waals surface area contributed by atoms with Crippen LogP contribution in [0.25, 0.3) is 0 Å². The van der Waals surface area contributed by atoms with Crippen LogP contribution in [0.1, 0.15) is 55.3 Å². The van der Waals surface area contributed by atoms with Gasteiger partial charge in [0.1, 0.15) is 0 Å². The van der Waals surface area contributed by atoms with E-state index in [0.717, 1.165) is 25.7 Å². The number of carbonyl (C=O) groups is 1. The molecule has 4 rings (SSSR count). The van der Waals surface area contributed by atoms with Gasteiger partial charge in [-0.15, -0.1) is 0 Å². The molecule has 0 radical (unpaired) electrons. The van der Waals surface area contributed by atoms with Gasteiger partial charge in [0.15, 0.2) is 11.5 Å². The third-order valence-electron chi connectivity index (χ3n) is 5.91. The van der Waals surface area contributed by atoms with Crippen LogP contribution in [0.3, 0.4) is 0 Å². The average molecular weight is 327 g/mol. The lowest BCUT2D eigenvalue weighted by atomic mass is 9.82. The van der Waals surface area contributed by atoms with Crippen molar-refractivity contribution in [2.24, 2.45) is 0 Å². The molecule has 2 atom stereocenters. The van der Waals surface area contributed by atoms with Crippen LogP contribution in [0.5, 0.6) is 11.5 Å². The zero-order chi connectivity index (χ0) is 16.7. The highest BCUT2D eigenvalue weighted by Crippen LogP contribution is 2.44. The minimum Gasteiger partial charge on any atom is -0.493 e. The lowest BCUT2D eigenvalue weighted by Gasteiger charge is -2.38. The number of rotatable bonds is 3. The molecule has 0 N–H and O–H groups in total. The van der Waals surface area contributed by atoms with E-state index in [-0.39, 0.29) is 5.91 Å². The number of methoxy groups -OCH3 is 2. The number of carbonyl (C=O) groups excluding carboxylic acids is 1. The summed E-state index contributed by atoms with van der Waals surface area (Å²) < 4.78 is 10.8. The van der Waals surface area contributed by atoms with Gasteiger partial charge in [0.25, 0.3) is 5.91 Å². The molecule has 24 heavy (non-hydrogen) atoms. The molecule has 3 aliphatic rings. The minimum atomic E-state index is 0.0934. The van der Waals surface area contributed by atoms with Crippen molar-refractivity contribution in [3.05, 3.63) is 34.9 Å². The molecule has 2 aliphatic heterocycles. The minimum absolute atomic E-state index is 0.0934. The number of fused-ring (bicyclic) bond motifs is 2. The molecule has 2 bridgehead atoms. The number of benzene rings is 1. The van der Waals surface area contributed by atoms with Crippen molar-refractivity contribution >= 4 is 5.91 Å². The fourth-order valence-electron chi connectivity index (χ4n) is 4.54. The fraction of sp³-hybridized carbons (Fsp3) is 0.550. The summed E-state index contributed by atoms with van der Waals surface area (Å²) >= 11 is 0. The average Bonchev–Trinajstić information content (AvgIpc) is 2.82. The van der Waals surface area contributed by atoms with Gasteiger partial charge in [-0.2, -0.15) is 0 Å². The van der Waals surface area contributed by atoms with Gasteiger partial charge in [-0.3, -0.25) is 4.79 Å². The molecule has 1 aromatic rings. The molecular weight excluding hydrogens is 302 g/mol. The van der Waals surface area contributed by atoms with E-state index in [1.54, 1.807) is 25.4 Å². The quantitative estimate of drug-likeness (QED) is 0.789. The maximum absolute atomic E-state index is 13.2. The van der Waals surface area contributed by atoms with E-state index < -0.39 is 0 Å². The molecule has 1 aliphatic carbocycles. The van der Waals surface area contributed by atoms with Crippen molar-refractivity contribution in [3.8, 4) is 11.5 Å². The summed E-state index contributed by atoms with van der Waals surface area (Å²) in [4.78, 5) is 15.4. The first kappa shape index (κ1) is 15.6. The molecule has 2 heterocycles. The highest BCUT2D eigenvalue weighted by molar-refractivity contribution is 5.98. The molecule has 1 amide bonds. The van der Waals surface area contributed by atoms with Crippen LogP contribution in [-0.4, -0.2) is 37.1 Å². The number of hydrogen-bond donors (Lipinski definition) is 0. The summed E-state index contributed by atoms with van der Waals surface area (Å²) in [6.07, 6.45) is 8.31. The monoisotopic (exact) mass is 327 g/mol. The second-order valence-corrected chi connectivity index (χ2v) is 7.11. The van der Waals surface area contributed by atoms with Crippen molar-refractivity contribution in [1.29, 1.82) is 0 Å². The summed E-state index contributed by atoms with van der Waals surface area (Å²) in [5.41, 5.74) is 3.95. The van der Waals surface area contributed by atoms with Gasteiger partial charge >= 0.3 is 0 Å². The number of nitrogens with zero attached hydrogens (tertiary/aromatic N) is 1. The Morgan fingerprint density at radius 3 is 2.29 bits per heavy atom. The van der Waals surface area contributed by atoms with Crippen LogP contribution < -0.4 is 9.47 Å². The number of amides is 1. The second kappa shape index (κ2) is 6.15. The summed E-state index contributed by atoms with van der Waals surface area (Å²) in [5, 5.41) is 0. The van der Waals surface area contributed by atoms with Crippen molar-refractivity contribution in [2.75, 3.05) is 14.2 Å². The zero-order valence-electron chi connectivity index (χ0n) is 14.5. The summed E-state index contributed by atoms with van der Waals surface area (Å²) in [6, 6.07) is 6.26. The van der Waals surface area contributed by atoms with E-state index in [4.69, 9.17) is 9.47 Å². The van der Waals surface area contributed by atoms with Crippen LogP contribution in [0, 0.1) is 0 Å². The maximum atomic E-state index is 13.2. The summed E-state index contributed by atoms with van der Waals surface area (Å²) in [7, 11) is 3.20. The summed E-state index contributed by atoms with van der Waals surface area (Å²) in [5.74, 6) is 1.26. The lowest BCUT2D eigenvalue weighted by Crippen LogP contribution is -2.45. The van der Waals surface area contributed by atoms with Gasteiger partial charge in [-0.25, -0.2) is 0 Å². The van der Waals surface area contributed by atoms with E-state index >= 15 is 0 Å². The third-order valence-corrected chi connectivity index (χ3v) is 5.91. The Morgan fingerprint density at radius 1 is 1.04 bits per heavy atom. The van der Waals surface area contributed by atoms with Crippen LogP contribution >= 0.6 is 0 Å². The first-order valence-corrected chi connectivity index (χ1v) is 8.96. The molecule has 0 spiro atoms. The van der Waals surface area contributed by atoms with E-state index in [1.807, 2.05) is 18.2 Å². The Morgan fingerprint density at radius 2 is 1.75 bits per heavy atom. The fourth-order valence-corrected chi connectivity index (χ4v) is 4.54. The molecule has 1 saturated carbocycles. The van der Waals surface area contributed by atoms with E-state index in [2.05, 4.69) is 4.90 Å². The topological polar surface area (TPSA) is 38.8 Å². The first-order valence-electron chi connectivity index (χ1n) is 8.96. The Labute approximate surface area is 143 Å². The Hall–Kier alpha value is -1.97. The van der Waals surface area contributed by atoms with Gasteiger partial charge < -0.3 is 14.4 Å². The predicted octanol–water partition coefficient (Wildman–Crippen LogP) is 3.95. The molecule has 2 unspecified atom stereocenters. The van der Waals surface area contributed by atoms with Gasteiger partial charge in [-0.1, -0.05) is 17.2 Å². The number of piperidine rings is 1. The normalized spacial score (nSPS) is 25.5.